The van der Waals surface area contributed by atoms with Crippen LogP contribution in [0.2, 0.25) is 0 Å². The Balaban J connectivity index is 1.68. The zero-order valence-electron chi connectivity index (χ0n) is 19.2. The second-order valence-corrected chi connectivity index (χ2v) is 9.04. The Morgan fingerprint density at radius 3 is 2.09 bits per heavy atom. The topological polar surface area (TPSA) is 48.7 Å². The molecule has 0 bridgehead atoms. The number of ether oxygens (including phenoxy) is 2. The molecular weight excluding hydrogens is 464 g/mol. The fraction of sp³-hybridized carbons (Fsp3) is 0.222. The van der Waals surface area contributed by atoms with E-state index in [-0.39, 0.29) is 34.5 Å². The molecule has 1 aromatic heterocycles. The van der Waals surface area contributed by atoms with Crippen molar-refractivity contribution in [3.63, 3.8) is 0 Å². The lowest BCUT2D eigenvalue weighted by atomic mass is 9.87. The van der Waals surface area contributed by atoms with Crippen molar-refractivity contribution in [2.75, 3.05) is 0 Å². The predicted molar refractivity (Wildman–Crippen MR) is 123 cm³/mol. The molecule has 35 heavy (non-hydrogen) atoms. The minimum atomic E-state index is -4.97. The third-order valence-electron chi connectivity index (χ3n) is 5.34. The third kappa shape index (κ3) is 5.48. The van der Waals surface area contributed by atoms with Crippen LogP contribution >= 0.6 is 0 Å². The van der Waals surface area contributed by atoms with Crippen molar-refractivity contribution in [1.29, 1.82) is 0 Å². The lowest BCUT2D eigenvalue weighted by molar-refractivity contribution is -0.154. The largest absolute Gasteiger partial charge is 0.489 e. The Morgan fingerprint density at radius 1 is 0.857 bits per heavy atom. The molecule has 0 aliphatic heterocycles. The van der Waals surface area contributed by atoms with Crippen LogP contribution in [0.1, 0.15) is 37.7 Å². The molecule has 0 spiro atoms. The van der Waals surface area contributed by atoms with Crippen molar-refractivity contribution in [3.05, 3.63) is 99.7 Å². The fourth-order valence-electron chi connectivity index (χ4n) is 3.41. The van der Waals surface area contributed by atoms with E-state index in [1.165, 1.54) is 54.6 Å². The lowest BCUT2D eigenvalue weighted by Gasteiger charge is -2.19. The highest BCUT2D eigenvalue weighted by Crippen LogP contribution is 2.39. The Labute approximate surface area is 198 Å². The lowest BCUT2D eigenvalue weighted by Crippen LogP contribution is -2.15. The van der Waals surface area contributed by atoms with Gasteiger partial charge in [-0.25, -0.2) is 4.39 Å². The second-order valence-electron chi connectivity index (χ2n) is 9.04. The van der Waals surface area contributed by atoms with Gasteiger partial charge in [0.25, 0.3) is 5.76 Å². The first-order chi connectivity index (χ1) is 16.4. The highest BCUT2D eigenvalue weighted by Gasteiger charge is 2.40. The van der Waals surface area contributed by atoms with Gasteiger partial charge in [-0.3, -0.25) is 4.79 Å². The molecule has 0 radical (unpaired) electrons. The molecule has 0 unspecified atom stereocenters. The van der Waals surface area contributed by atoms with E-state index in [1.807, 2.05) is 20.8 Å². The summed E-state index contributed by atoms with van der Waals surface area (Å²) in [4.78, 5) is 13.0. The van der Waals surface area contributed by atoms with Crippen LogP contribution in [0.5, 0.6) is 17.2 Å². The third-order valence-corrected chi connectivity index (χ3v) is 5.34. The van der Waals surface area contributed by atoms with Gasteiger partial charge in [0, 0.05) is 6.07 Å². The Morgan fingerprint density at radius 2 is 1.49 bits per heavy atom. The van der Waals surface area contributed by atoms with Crippen LogP contribution in [-0.4, -0.2) is 0 Å². The number of benzene rings is 3. The van der Waals surface area contributed by atoms with Crippen LogP contribution in [0.15, 0.2) is 75.9 Å². The molecule has 4 aromatic rings. The molecule has 0 saturated heterocycles. The zero-order valence-corrected chi connectivity index (χ0v) is 19.2. The monoisotopic (exact) mass is 486 g/mol. The van der Waals surface area contributed by atoms with E-state index in [0.29, 0.717) is 5.56 Å². The summed E-state index contributed by atoms with van der Waals surface area (Å²) >= 11 is 0. The van der Waals surface area contributed by atoms with E-state index in [0.717, 1.165) is 5.56 Å². The van der Waals surface area contributed by atoms with Crippen molar-refractivity contribution in [3.8, 4) is 17.2 Å². The van der Waals surface area contributed by atoms with Crippen molar-refractivity contribution in [1.82, 2.24) is 0 Å². The summed E-state index contributed by atoms with van der Waals surface area (Å²) in [5.41, 5.74) is 0.205. The molecule has 0 N–H and O–H groups in total. The van der Waals surface area contributed by atoms with Gasteiger partial charge in [0.1, 0.15) is 29.5 Å². The first-order valence-corrected chi connectivity index (χ1v) is 10.8. The van der Waals surface area contributed by atoms with Gasteiger partial charge in [0.15, 0.2) is 0 Å². The van der Waals surface area contributed by atoms with Gasteiger partial charge < -0.3 is 13.9 Å². The minimum Gasteiger partial charge on any atom is -0.489 e. The predicted octanol–water partition coefficient (Wildman–Crippen LogP) is 7.62. The Kier molecular flexibility index (Phi) is 6.32. The van der Waals surface area contributed by atoms with Gasteiger partial charge in [-0.1, -0.05) is 45.0 Å². The summed E-state index contributed by atoms with van der Waals surface area (Å²) in [5, 5.41) is -0.0894. The average Bonchev–Trinajstić information content (AvgIpc) is 2.79. The van der Waals surface area contributed by atoms with Crippen molar-refractivity contribution >= 4 is 11.0 Å². The van der Waals surface area contributed by atoms with Crippen LogP contribution in [0.4, 0.5) is 17.6 Å². The first-order valence-electron chi connectivity index (χ1n) is 10.8. The summed E-state index contributed by atoms with van der Waals surface area (Å²) in [5.74, 6) is -2.61. The molecular formula is C27H22F4O4. The van der Waals surface area contributed by atoms with E-state index >= 15 is 0 Å². The smallest absolute Gasteiger partial charge is 0.453 e. The van der Waals surface area contributed by atoms with Gasteiger partial charge in [-0.2, -0.15) is 13.2 Å². The van der Waals surface area contributed by atoms with E-state index in [1.54, 1.807) is 12.1 Å². The van der Waals surface area contributed by atoms with Gasteiger partial charge in [-0.15, -0.1) is 0 Å². The van der Waals surface area contributed by atoms with Crippen molar-refractivity contribution in [2.45, 2.75) is 39.0 Å². The molecule has 0 atom stereocenters. The quantitative estimate of drug-likeness (QED) is 0.272. The second kappa shape index (κ2) is 9.09. The summed E-state index contributed by atoms with van der Waals surface area (Å²) in [7, 11) is 0. The van der Waals surface area contributed by atoms with Crippen LogP contribution in [0.3, 0.4) is 0 Å². The van der Waals surface area contributed by atoms with Gasteiger partial charge in [-0.05, 0) is 52.9 Å². The SMILES string of the molecule is CC(C)(C)c1ccc(Oc2c(C(F)(F)F)oc3cc(OCc4ccc(F)cc4)ccc3c2=O)cc1. The van der Waals surface area contributed by atoms with E-state index in [2.05, 4.69) is 0 Å². The maximum Gasteiger partial charge on any atom is 0.453 e. The Hall–Kier alpha value is -3.81. The molecule has 182 valence electrons. The van der Waals surface area contributed by atoms with Crippen LogP contribution in [-0.2, 0) is 18.2 Å². The molecule has 0 fully saturated rings. The van der Waals surface area contributed by atoms with Crippen LogP contribution < -0.4 is 14.9 Å². The summed E-state index contributed by atoms with van der Waals surface area (Å²) in [6, 6.07) is 16.0. The zero-order chi connectivity index (χ0) is 25.4. The number of hydrogen-bond donors (Lipinski definition) is 0. The van der Waals surface area contributed by atoms with Gasteiger partial charge in [0.2, 0.25) is 11.2 Å². The maximum atomic E-state index is 13.8. The molecule has 1 heterocycles. The number of rotatable bonds is 5. The van der Waals surface area contributed by atoms with Gasteiger partial charge in [0.05, 0.1) is 5.39 Å². The molecule has 8 heteroatoms. The van der Waals surface area contributed by atoms with E-state index < -0.39 is 28.9 Å². The molecule has 0 aliphatic rings. The first kappa shape index (κ1) is 24.3. The molecule has 0 amide bonds. The molecule has 4 rings (SSSR count). The van der Waals surface area contributed by atoms with E-state index in [9.17, 15) is 22.4 Å². The summed E-state index contributed by atoms with van der Waals surface area (Å²) in [6.45, 7) is 6.05. The summed E-state index contributed by atoms with van der Waals surface area (Å²) < 4.78 is 70.6. The number of fused-ring (bicyclic) bond motifs is 1. The fourth-order valence-corrected chi connectivity index (χ4v) is 3.41. The van der Waals surface area contributed by atoms with Crippen molar-refractivity contribution in [2.24, 2.45) is 0 Å². The average molecular weight is 486 g/mol. The number of halogens is 4. The van der Waals surface area contributed by atoms with Crippen LogP contribution in [0.25, 0.3) is 11.0 Å². The standard InChI is InChI=1S/C27H22F4O4/c1-26(2,3)17-6-10-19(11-7-17)34-24-23(32)21-13-12-20(14-22(21)35-25(24)27(29,30)31)33-15-16-4-8-18(28)9-5-16/h4-14H,15H2,1-3H3. The molecule has 0 aliphatic carbocycles. The normalized spacial score (nSPS) is 12.1. The Bertz CT molecular complexity index is 1400. The van der Waals surface area contributed by atoms with E-state index in [4.69, 9.17) is 13.9 Å². The minimum absolute atomic E-state index is 0.0495. The molecule has 0 saturated carbocycles. The highest BCUT2D eigenvalue weighted by molar-refractivity contribution is 5.79. The van der Waals surface area contributed by atoms with Crippen molar-refractivity contribution < 1.29 is 31.5 Å². The maximum absolute atomic E-state index is 13.8. The number of hydrogen-bond acceptors (Lipinski definition) is 4. The summed E-state index contributed by atoms with van der Waals surface area (Å²) in [6.07, 6.45) is -4.97. The van der Waals surface area contributed by atoms with Crippen LogP contribution in [0, 0.1) is 5.82 Å². The van der Waals surface area contributed by atoms with Gasteiger partial charge >= 0.3 is 6.18 Å². The molecule has 4 nitrogen and oxygen atoms in total. The highest BCUT2D eigenvalue weighted by atomic mass is 19.4. The number of alkyl halides is 3. The molecule has 3 aromatic carbocycles.